The number of aryl methyl sites for hydroxylation is 2. The van der Waals surface area contributed by atoms with Gasteiger partial charge in [0.2, 0.25) is 0 Å². The molecule has 0 aliphatic rings. The Balaban J connectivity index is 1.77. The second kappa shape index (κ2) is 8.62. The topological polar surface area (TPSA) is 88.1 Å². The largest absolute Gasteiger partial charge is 0.331 e. The SMILES string of the molecule is CCCn1nc(C(=O)NNC(=S)Nc2ccc(C)cc2)c2ccccc2c1=O. The van der Waals surface area contributed by atoms with Crippen molar-refractivity contribution >= 4 is 39.7 Å². The molecule has 0 aliphatic heterocycles. The molecule has 0 aliphatic carbocycles. The maximum Gasteiger partial charge on any atom is 0.290 e. The van der Waals surface area contributed by atoms with Gasteiger partial charge in [-0.1, -0.05) is 42.8 Å². The Kier molecular flexibility index (Phi) is 6.00. The van der Waals surface area contributed by atoms with Crippen LogP contribution in [0.15, 0.2) is 53.3 Å². The zero-order chi connectivity index (χ0) is 20.1. The molecule has 1 amide bonds. The monoisotopic (exact) mass is 395 g/mol. The minimum absolute atomic E-state index is 0.161. The molecule has 0 spiro atoms. The first kappa shape index (κ1) is 19.5. The highest BCUT2D eigenvalue weighted by molar-refractivity contribution is 7.80. The van der Waals surface area contributed by atoms with E-state index in [-0.39, 0.29) is 16.4 Å². The minimum Gasteiger partial charge on any atom is -0.331 e. The van der Waals surface area contributed by atoms with Gasteiger partial charge in [0.1, 0.15) is 0 Å². The first-order valence-corrected chi connectivity index (χ1v) is 9.34. The number of carbonyl (C=O) groups excluding carboxylic acids is 1. The van der Waals surface area contributed by atoms with Crippen LogP contribution in [0.1, 0.15) is 29.4 Å². The van der Waals surface area contributed by atoms with Crippen LogP contribution in [-0.4, -0.2) is 20.8 Å². The summed E-state index contributed by atoms with van der Waals surface area (Å²) in [5.74, 6) is -0.478. The lowest BCUT2D eigenvalue weighted by Crippen LogP contribution is -2.44. The number of benzene rings is 2. The quantitative estimate of drug-likeness (QED) is 0.465. The summed E-state index contributed by atoms with van der Waals surface area (Å²) in [6, 6.07) is 14.6. The number of fused-ring (bicyclic) bond motifs is 1. The number of hydrogen-bond acceptors (Lipinski definition) is 4. The van der Waals surface area contributed by atoms with Crippen LogP contribution < -0.4 is 21.7 Å². The number of nitrogens with one attached hydrogen (secondary N) is 3. The summed E-state index contributed by atoms with van der Waals surface area (Å²) in [5, 5.41) is 8.43. The Morgan fingerprint density at radius 3 is 2.43 bits per heavy atom. The number of anilines is 1. The van der Waals surface area contributed by atoms with Crippen molar-refractivity contribution in [3.63, 3.8) is 0 Å². The summed E-state index contributed by atoms with van der Waals surface area (Å²) >= 11 is 5.21. The number of thiocarbonyl (C=S) groups is 1. The lowest BCUT2D eigenvalue weighted by Gasteiger charge is -2.13. The van der Waals surface area contributed by atoms with Crippen LogP contribution in [0, 0.1) is 6.92 Å². The highest BCUT2D eigenvalue weighted by Gasteiger charge is 2.16. The second-order valence-electron chi connectivity index (χ2n) is 6.32. The van der Waals surface area contributed by atoms with Crippen molar-refractivity contribution in [3.05, 3.63) is 70.1 Å². The molecule has 1 heterocycles. The number of carbonyl (C=O) groups is 1. The lowest BCUT2D eigenvalue weighted by molar-refractivity contribution is 0.0938. The molecule has 8 heteroatoms. The molecule has 2 aromatic carbocycles. The fourth-order valence-electron chi connectivity index (χ4n) is 2.74. The van der Waals surface area contributed by atoms with Crippen molar-refractivity contribution in [1.82, 2.24) is 20.6 Å². The van der Waals surface area contributed by atoms with Gasteiger partial charge in [-0.25, -0.2) is 4.68 Å². The van der Waals surface area contributed by atoms with Crippen molar-refractivity contribution < 1.29 is 4.79 Å². The Morgan fingerprint density at radius 1 is 1.07 bits per heavy atom. The van der Waals surface area contributed by atoms with E-state index in [0.717, 1.165) is 17.7 Å². The van der Waals surface area contributed by atoms with Crippen LogP contribution >= 0.6 is 12.2 Å². The fraction of sp³-hybridized carbons (Fsp3) is 0.200. The summed E-state index contributed by atoms with van der Waals surface area (Å²) in [6.45, 7) is 4.38. The van der Waals surface area contributed by atoms with Crippen molar-refractivity contribution in [2.75, 3.05) is 5.32 Å². The minimum atomic E-state index is -0.478. The standard InChI is InChI=1S/C20H21N5O2S/c1-3-12-25-19(27)16-7-5-4-6-15(16)17(24-25)18(26)22-23-20(28)21-14-10-8-13(2)9-11-14/h4-11H,3,12H2,1-2H3,(H,22,26)(H2,21,23,28). The van der Waals surface area contributed by atoms with Gasteiger partial charge in [0.05, 0.1) is 5.39 Å². The number of hydrogen-bond donors (Lipinski definition) is 3. The van der Waals surface area contributed by atoms with E-state index in [9.17, 15) is 9.59 Å². The maximum atomic E-state index is 12.7. The summed E-state index contributed by atoms with van der Waals surface area (Å²) < 4.78 is 1.32. The van der Waals surface area contributed by atoms with Gasteiger partial charge in [0, 0.05) is 17.6 Å². The van der Waals surface area contributed by atoms with Crippen LogP contribution in [0.4, 0.5) is 5.69 Å². The van der Waals surface area contributed by atoms with Crippen molar-refractivity contribution in [3.8, 4) is 0 Å². The van der Waals surface area contributed by atoms with E-state index in [1.54, 1.807) is 24.3 Å². The third kappa shape index (κ3) is 4.34. The third-order valence-electron chi connectivity index (χ3n) is 4.12. The average molecular weight is 395 g/mol. The molecule has 3 N–H and O–H groups in total. The van der Waals surface area contributed by atoms with Crippen molar-refractivity contribution in [1.29, 1.82) is 0 Å². The molecule has 0 fully saturated rings. The zero-order valence-electron chi connectivity index (χ0n) is 15.7. The van der Waals surface area contributed by atoms with E-state index in [1.165, 1.54) is 4.68 Å². The lowest BCUT2D eigenvalue weighted by atomic mass is 10.1. The van der Waals surface area contributed by atoms with Crippen LogP contribution in [0.5, 0.6) is 0 Å². The number of amides is 1. The molecule has 0 atom stereocenters. The molecule has 3 aromatic rings. The average Bonchev–Trinajstić information content (AvgIpc) is 2.70. The van der Waals surface area contributed by atoms with E-state index in [0.29, 0.717) is 17.3 Å². The molecule has 0 saturated carbocycles. The van der Waals surface area contributed by atoms with Gasteiger partial charge in [0.25, 0.3) is 11.5 Å². The first-order valence-electron chi connectivity index (χ1n) is 8.93. The smallest absolute Gasteiger partial charge is 0.290 e. The summed E-state index contributed by atoms with van der Waals surface area (Å²) in [7, 11) is 0. The fourth-order valence-corrected chi connectivity index (χ4v) is 2.91. The molecule has 7 nitrogen and oxygen atoms in total. The van der Waals surface area contributed by atoms with E-state index < -0.39 is 5.91 Å². The van der Waals surface area contributed by atoms with E-state index in [4.69, 9.17) is 12.2 Å². The predicted octanol–water partition coefficient (Wildman–Crippen LogP) is 2.75. The molecule has 28 heavy (non-hydrogen) atoms. The molecule has 0 saturated heterocycles. The molecular weight excluding hydrogens is 374 g/mol. The molecule has 1 aromatic heterocycles. The Morgan fingerprint density at radius 2 is 1.75 bits per heavy atom. The van der Waals surface area contributed by atoms with E-state index in [1.807, 2.05) is 38.1 Å². The molecule has 0 radical (unpaired) electrons. The van der Waals surface area contributed by atoms with Gasteiger partial charge in [-0.2, -0.15) is 5.10 Å². The highest BCUT2D eigenvalue weighted by Crippen LogP contribution is 2.13. The highest BCUT2D eigenvalue weighted by atomic mass is 32.1. The summed E-state index contributed by atoms with van der Waals surface area (Å²) in [6.07, 6.45) is 0.731. The van der Waals surface area contributed by atoms with Gasteiger partial charge in [0.15, 0.2) is 10.8 Å². The van der Waals surface area contributed by atoms with E-state index in [2.05, 4.69) is 21.3 Å². The molecular formula is C20H21N5O2S. The van der Waals surface area contributed by atoms with E-state index >= 15 is 0 Å². The van der Waals surface area contributed by atoms with Gasteiger partial charge in [-0.15, -0.1) is 0 Å². The Labute approximate surface area is 167 Å². The van der Waals surface area contributed by atoms with Gasteiger partial charge in [-0.05, 0) is 43.8 Å². The van der Waals surface area contributed by atoms with Crippen LogP contribution in [0.2, 0.25) is 0 Å². The number of nitrogens with zero attached hydrogens (tertiary/aromatic N) is 2. The van der Waals surface area contributed by atoms with Crippen LogP contribution in [-0.2, 0) is 6.54 Å². The Bertz CT molecular complexity index is 1080. The molecule has 0 unspecified atom stereocenters. The van der Waals surface area contributed by atoms with Crippen LogP contribution in [0.3, 0.4) is 0 Å². The summed E-state index contributed by atoms with van der Waals surface area (Å²) in [4.78, 5) is 25.2. The van der Waals surface area contributed by atoms with Crippen LogP contribution in [0.25, 0.3) is 10.8 Å². The number of hydrazine groups is 1. The maximum absolute atomic E-state index is 12.7. The van der Waals surface area contributed by atoms with Gasteiger partial charge < -0.3 is 5.32 Å². The third-order valence-corrected chi connectivity index (χ3v) is 4.32. The molecule has 144 valence electrons. The molecule has 3 rings (SSSR count). The van der Waals surface area contributed by atoms with Crippen molar-refractivity contribution in [2.45, 2.75) is 26.8 Å². The normalized spacial score (nSPS) is 10.5. The first-order chi connectivity index (χ1) is 13.5. The van der Waals surface area contributed by atoms with Crippen molar-refractivity contribution in [2.24, 2.45) is 0 Å². The summed E-state index contributed by atoms with van der Waals surface area (Å²) in [5.41, 5.74) is 7.10. The second-order valence-corrected chi connectivity index (χ2v) is 6.73. The predicted molar refractivity (Wildman–Crippen MR) is 114 cm³/mol. The van der Waals surface area contributed by atoms with Gasteiger partial charge >= 0.3 is 0 Å². The number of aromatic nitrogens is 2. The molecule has 0 bridgehead atoms. The van der Waals surface area contributed by atoms with Gasteiger partial charge in [-0.3, -0.25) is 20.4 Å². The zero-order valence-corrected chi connectivity index (χ0v) is 16.5. The Hall–Kier alpha value is -3.26. The number of rotatable bonds is 4.